The van der Waals surface area contributed by atoms with Gasteiger partial charge in [-0.3, -0.25) is 19.8 Å². The summed E-state index contributed by atoms with van der Waals surface area (Å²) in [6.45, 7) is 11.4. The number of nitrogens with one attached hydrogen (secondary N) is 2. The number of primary amides is 1. The molecule has 3 aromatic carbocycles. The van der Waals surface area contributed by atoms with Crippen LogP contribution in [0.3, 0.4) is 0 Å². The van der Waals surface area contributed by atoms with Crippen molar-refractivity contribution in [2.75, 3.05) is 61.2 Å². The zero-order valence-corrected chi connectivity index (χ0v) is 41.0. The molecule has 6 aliphatic rings. The average Bonchev–Trinajstić information content (AvgIpc) is 4.02. The van der Waals surface area contributed by atoms with Gasteiger partial charge in [-0.25, -0.2) is 8.42 Å². The lowest BCUT2D eigenvalue weighted by Crippen LogP contribution is -2.55. The van der Waals surface area contributed by atoms with Gasteiger partial charge in [-0.05, 0) is 112 Å². The van der Waals surface area contributed by atoms with Gasteiger partial charge in [-0.2, -0.15) is 4.98 Å². The molecule has 18 heteroatoms. The molecule has 370 valence electrons. The lowest BCUT2D eigenvalue weighted by atomic mass is 9.59. The number of fused-ring (bicyclic) bond motifs is 4. The number of amides is 1. The van der Waals surface area contributed by atoms with Gasteiger partial charge in [0, 0.05) is 55.5 Å². The minimum atomic E-state index is -4.77. The first-order valence-corrected chi connectivity index (χ1v) is 26.3. The summed E-state index contributed by atoms with van der Waals surface area (Å²) in [4.78, 5) is 40.3. The van der Waals surface area contributed by atoms with Crippen LogP contribution < -0.4 is 30.3 Å². The Morgan fingerprint density at radius 2 is 1.81 bits per heavy atom. The van der Waals surface area contributed by atoms with Gasteiger partial charge in [0.15, 0.2) is 11.4 Å². The Morgan fingerprint density at radius 1 is 1.01 bits per heavy atom. The zero-order chi connectivity index (χ0) is 48.6. The van der Waals surface area contributed by atoms with Gasteiger partial charge in [-0.1, -0.05) is 38.1 Å². The van der Waals surface area contributed by atoms with Crippen LogP contribution in [0.15, 0.2) is 76.7 Å². The fourth-order valence-electron chi connectivity index (χ4n) is 12.2. The molecule has 1 amide bonds. The number of nitro groups is 1. The molecular weight excluding hydrogens is 913 g/mol. The largest absolute Gasteiger partial charge is 0.489 e. The van der Waals surface area contributed by atoms with E-state index in [-0.39, 0.29) is 69.7 Å². The van der Waals surface area contributed by atoms with Gasteiger partial charge >= 0.3 is 0 Å². The predicted octanol–water partition coefficient (Wildman–Crippen LogP) is 8.40. The van der Waals surface area contributed by atoms with E-state index in [2.05, 4.69) is 58.2 Å². The fraction of sp³-hybridized carbons (Fsp3) is 0.500. The Morgan fingerprint density at radius 3 is 2.57 bits per heavy atom. The van der Waals surface area contributed by atoms with Crippen molar-refractivity contribution < 1.29 is 37.1 Å². The summed E-state index contributed by atoms with van der Waals surface area (Å²) in [5.41, 5.74) is 10.3. The average molecular weight is 975 g/mol. The van der Waals surface area contributed by atoms with Crippen LogP contribution in [0.4, 0.5) is 28.4 Å². The summed E-state index contributed by atoms with van der Waals surface area (Å²) < 4.78 is 56.5. The van der Waals surface area contributed by atoms with Crippen LogP contribution in [0.2, 0.25) is 0 Å². The number of aromatic amines is 1. The van der Waals surface area contributed by atoms with Crippen molar-refractivity contribution in [3.05, 3.63) is 93.7 Å². The number of nitrogens with zero attached hydrogens (tertiary/aromatic N) is 5. The number of benzene rings is 3. The van der Waals surface area contributed by atoms with E-state index in [1.807, 2.05) is 30.9 Å². The molecule has 4 fully saturated rings. The van der Waals surface area contributed by atoms with Gasteiger partial charge < -0.3 is 44.8 Å². The van der Waals surface area contributed by atoms with Crippen LogP contribution in [0.5, 0.6) is 11.6 Å². The number of likely N-dealkylation sites (tertiary alicyclic amines) is 1. The molecule has 0 unspecified atom stereocenters. The highest BCUT2D eigenvalue weighted by atomic mass is 32.2. The Kier molecular flexibility index (Phi) is 12.0. The molecule has 5 aliphatic heterocycles. The smallest absolute Gasteiger partial charge is 0.297 e. The van der Waals surface area contributed by atoms with Crippen molar-refractivity contribution in [3.63, 3.8) is 0 Å². The Hall–Kier alpha value is -5.95. The maximum absolute atomic E-state index is 16.1. The third kappa shape index (κ3) is 8.09. The number of piperidine rings is 1. The Labute approximate surface area is 408 Å². The lowest BCUT2D eigenvalue weighted by Gasteiger charge is -2.56. The highest BCUT2D eigenvalue weighted by Gasteiger charge is 2.51. The van der Waals surface area contributed by atoms with E-state index in [0.717, 1.165) is 50.1 Å². The number of H-pyrrole nitrogens is 1. The molecule has 5 aromatic rings. The van der Waals surface area contributed by atoms with Crippen molar-refractivity contribution in [1.29, 1.82) is 0 Å². The van der Waals surface area contributed by atoms with Crippen LogP contribution in [0.1, 0.15) is 106 Å². The second kappa shape index (κ2) is 18.0. The van der Waals surface area contributed by atoms with E-state index in [1.165, 1.54) is 23.6 Å². The second-order valence-electron chi connectivity index (χ2n) is 20.7. The number of sulfone groups is 1. The van der Waals surface area contributed by atoms with E-state index in [4.69, 9.17) is 29.7 Å². The third-order valence-corrected chi connectivity index (χ3v) is 17.5. The molecule has 1 saturated carbocycles. The second-order valence-corrected chi connectivity index (χ2v) is 22.6. The maximum Gasteiger partial charge on any atom is 0.297 e. The number of anilines is 4. The first-order valence-electron chi connectivity index (χ1n) is 24.9. The van der Waals surface area contributed by atoms with Crippen molar-refractivity contribution in [2.24, 2.45) is 11.1 Å². The Bertz CT molecular complexity index is 2960. The number of pyridine rings is 1. The van der Waals surface area contributed by atoms with Crippen LogP contribution in [-0.4, -0.2) is 111 Å². The quantitative estimate of drug-likeness (QED) is 0.0793. The highest BCUT2D eigenvalue weighted by Crippen LogP contribution is 2.56. The van der Waals surface area contributed by atoms with Gasteiger partial charge in [0.2, 0.25) is 15.7 Å². The minimum absolute atomic E-state index is 0.0235. The normalized spacial score (nSPS) is 23.3. The standard InChI is InChI=1S/C52H62N8O9S/c1-30(2)36-8-5-6-9-37(36)39-10-7-18-58(39)34-25-52(26-34)15-19-57(20-16-52)41-12-11-38(49(53)61)47(59-40-14-21-66-29-45(40)69-51-43(59)22-32-13-17-54-50(32)56-51)48(41)70(64,65)35-23-42(60(62)63)46-44(24-35)68-28-33(55-46)27-67-31(3)4/h5-6,8-9,11-13,17,22-24,30-31,33-34,39-40,45,55H,7,10,14-16,18-21,25-29H2,1-4H3,(H2,53,61)(H,54,56)/t33-,39-,40+,45-/m0/s1. The molecule has 3 saturated heterocycles. The lowest BCUT2D eigenvalue weighted by molar-refractivity contribution is -0.384. The molecule has 11 rings (SSSR count). The number of rotatable bonds is 12. The van der Waals surface area contributed by atoms with Crippen LogP contribution in [0.25, 0.3) is 11.0 Å². The first-order chi connectivity index (χ1) is 33.7. The van der Waals surface area contributed by atoms with Gasteiger partial charge in [0.05, 0.1) is 58.2 Å². The number of aromatic nitrogens is 2. The number of nitrogens with two attached hydrogens (primary N) is 1. The SMILES string of the molecule is CC(C)OC[C@H]1COc2cc(S(=O)(=O)c3c(N4CCC5(CC4)CC(N4CCC[C@H]4c4ccccc4C(C)C)C5)ccc(C(N)=O)c3N3c4cc5cc[nH]c5nc4O[C@H]4COCC[C@H]43)cc([N+](=O)[O-])c2N1. The molecule has 4 atom stereocenters. The summed E-state index contributed by atoms with van der Waals surface area (Å²) in [5.74, 6) is -0.132. The summed E-state index contributed by atoms with van der Waals surface area (Å²) in [6.07, 6.45) is 7.69. The summed E-state index contributed by atoms with van der Waals surface area (Å²) in [6, 6.07) is 18.3. The van der Waals surface area contributed by atoms with Gasteiger partial charge in [0.25, 0.3) is 11.6 Å². The molecular formula is C52H62N8O9S. The number of carbonyl (C=O) groups is 1. The van der Waals surface area contributed by atoms with E-state index in [1.54, 1.807) is 18.3 Å². The number of hydrogen-bond acceptors (Lipinski definition) is 14. The van der Waals surface area contributed by atoms with Crippen LogP contribution >= 0.6 is 0 Å². The predicted molar refractivity (Wildman–Crippen MR) is 265 cm³/mol. The van der Waals surface area contributed by atoms with Crippen molar-refractivity contribution in [3.8, 4) is 11.6 Å². The number of carbonyl (C=O) groups excluding carboxylic acids is 1. The molecule has 17 nitrogen and oxygen atoms in total. The molecule has 0 radical (unpaired) electrons. The molecule has 7 heterocycles. The fourth-order valence-corrected chi connectivity index (χ4v) is 13.9. The van der Waals surface area contributed by atoms with E-state index in [0.29, 0.717) is 61.1 Å². The number of nitro benzene ring substituents is 1. The van der Waals surface area contributed by atoms with Crippen molar-refractivity contribution in [1.82, 2.24) is 14.9 Å². The highest BCUT2D eigenvalue weighted by molar-refractivity contribution is 7.91. The van der Waals surface area contributed by atoms with E-state index >= 15 is 8.42 Å². The Balaban J connectivity index is 1.00. The van der Waals surface area contributed by atoms with E-state index < -0.39 is 44.5 Å². The van der Waals surface area contributed by atoms with Gasteiger partial charge in [-0.15, -0.1) is 0 Å². The van der Waals surface area contributed by atoms with Crippen molar-refractivity contribution in [2.45, 2.75) is 125 Å². The zero-order valence-electron chi connectivity index (χ0n) is 40.2. The molecule has 1 spiro atoms. The summed E-state index contributed by atoms with van der Waals surface area (Å²) >= 11 is 0. The third-order valence-electron chi connectivity index (χ3n) is 15.7. The molecule has 0 bridgehead atoms. The van der Waals surface area contributed by atoms with Gasteiger partial charge in [0.1, 0.15) is 28.9 Å². The summed E-state index contributed by atoms with van der Waals surface area (Å²) in [7, 11) is -4.77. The van der Waals surface area contributed by atoms with Crippen molar-refractivity contribution >= 4 is 55.2 Å². The van der Waals surface area contributed by atoms with E-state index in [9.17, 15) is 14.9 Å². The topological polar surface area (TPSA) is 208 Å². The number of ether oxygens (including phenoxy) is 4. The van der Waals surface area contributed by atoms with Crippen LogP contribution in [0, 0.1) is 15.5 Å². The van der Waals surface area contributed by atoms with Crippen LogP contribution in [-0.2, 0) is 19.3 Å². The molecule has 1 aliphatic carbocycles. The molecule has 4 N–H and O–H groups in total. The molecule has 70 heavy (non-hydrogen) atoms. The minimum Gasteiger partial charge on any atom is -0.489 e. The summed E-state index contributed by atoms with van der Waals surface area (Å²) in [5, 5.41) is 16.8. The first kappa shape index (κ1) is 46.4. The monoisotopic (exact) mass is 974 g/mol. The number of hydrogen-bond donors (Lipinski definition) is 3. The molecule has 2 aromatic heterocycles. The maximum atomic E-state index is 16.1.